The predicted octanol–water partition coefficient (Wildman–Crippen LogP) is 0.178. The standard InChI is InChI=1S/C11H15N3O6/c1-2-20-9(15)5-3-4-6-13-7-8(14(18)19)10(16)12-11(13)17/h7H,2-6H2,1H3,(H,12,16,17). The van der Waals surface area contributed by atoms with Crippen LogP contribution in [0.1, 0.15) is 26.2 Å². The van der Waals surface area contributed by atoms with Gasteiger partial charge in [0, 0.05) is 13.0 Å². The fraction of sp³-hybridized carbons (Fsp3) is 0.545. The summed E-state index contributed by atoms with van der Waals surface area (Å²) in [7, 11) is 0. The highest BCUT2D eigenvalue weighted by atomic mass is 16.6. The van der Waals surface area contributed by atoms with E-state index in [4.69, 9.17) is 4.74 Å². The van der Waals surface area contributed by atoms with Crippen molar-refractivity contribution in [1.82, 2.24) is 9.55 Å². The Hall–Kier alpha value is -2.45. The normalized spacial score (nSPS) is 10.2. The van der Waals surface area contributed by atoms with Gasteiger partial charge < -0.3 is 4.74 Å². The second-order valence-electron chi connectivity index (χ2n) is 3.99. The number of aromatic amines is 1. The lowest BCUT2D eigenvalue weighted by atomic mass is 10.2. The average molecular weight is 285 g/mol. The number of nitrogens with one attached hydrogen (secondary N) is 1. The first-order valence-electron chi connectivity index (χ1n) is 6.09. The lowest BCUT2D eigenvalue weighted by molar-refractivity contribution is -0.386. The van der Waals surface area contributed by atoms with E-state index in [9.17, 15) is 24.5 Å². The Bertz CT molecular complexity index is 603. The summed E-state index contributed by atoms with van der Waals surface area (Å²) in [6.45, 7) is 2.19. The van der Waals surface area contributed by atoms with Gasteiger partial charge in [0.1, 0.15) is 0 Å². The lowest BCUT2D eigenvalue weighted by Crippen LogP contribution is -2.30. The topological polar surface area (TPSA) is 124 Å². The second-order valence-corrected chi connectivity index (χ2v) is 3.99. The predicted molar refractivity (Wildman–Crippen MR) is 68.5 cm³/mol. The van der Waals surface area contributed by atoms with Gasteiger partial charge in [0.25, 0.3) is 0 Å². The molecule has 0 unspecified atom stereocenters. The fourth-order valence-corrected chi connectivity index (χ4v) is 1.58. The lowest BCUT2D eigenvalue weighted by Gasteiger charge is -2.04. The first kappa shape index (κ1) is 15.6. The number of hydrogen-bond acceptors (Lipinski definition) is 6. The molecule has 0 radical (unpaired) electrons. The zero-order valence-corrected chi connectivity index (χ0v) is 11.0. The van der Waals surface area contributed by atoms with Gasteiger partial charge in [0.05, 0.1) is 17.7 Å². The molecule has 0 amide bonds. The minimum Gasteiger partial charge on any atom is -0.466 e. The van der Waals surface area contributed by atoms with E-state index in [-0.39, 0.29) is 18.9 Å². The van der Waals surface area contributed by atoms with E-state index in [1.807, 2.05) is 4.98 Å². The molecule has 110 valence electrons. The largest absolute Gasteiger partial charge is 0.466 e. The van der Waals surface area contributed by atoms with E-state index in [0.29, 0.717) is 19.4 Å². The SMILES string of the molecule is CCOC(=O)CCCCn1cc([N+](=O)[O-])c(=O)[nH]c1=O. The first-order valence-corrected chi connectivity index (χ1v) is 6.09. The van der Waals surface area contributed by atoms with Crippen LogP contribution in [0, 0.1) is 10.1 Å². The van der Waals surface area contributed by atoms with Gasteiger partial charge in [0.2, 0.25) is 0 Å². The van der Waals surface area contributed by atoms with E-state index >= 15 is 0 Å². The van der Waals surface area contributed by atoms with Crippen LogP contribution in [0.15, 0.2) is 15.8 Å². The summed E-state index contributed by atoms with van der Waals surface area (Å²) >= 11 is 0. The van der Waals surface area contributed by atoms with Gasteiger partial charge in [-0.2, -0.15) is 0 Å². The van der Waals surface area contributed by atoms with Crippen LogP contribution >= 0.6 is 0 Å². The third-order valence-corrected chi connectivity index (χ3v) is 2.52. The third-order valence-electron chi connectivity index (χ3n) is 2.52. The van der Waals surface area contributed by atoms with Crippen molar-refractivity contribution in [2.24, 2.45) is 0 Å². The van der Waals surface area contributed by atoms with Crippen molar-refractivity contribution >= 4 is 11.7 Å². The van der Waals surface area contributed by atoms with Crippen LogP contribution in [-0.2, 0) is 16.1 Å². The van der Waals surface area contributed by atoms with Crippen LogP contribution in [0.2, 0.25) is 0 Å². The van der Waals surface area contributed by atoms with E-state index in [1.165, 1.54) is 0 Å². The molecule has 0 aromatic carbocycles. The monoisotopic (exact) mass is 285 g/mol. The van der Waals surface area contributed by atoms with E-state index in [0.717, 1.165) is 10.8 Å². The molecule has 9 heteroatoms. The van der Waals surface area contributed by atoms with Crippen LogP contribution in [-0.4, -0.2) is 27.1 Å². The molecule has 1 aromatic heterocycles. The van der Waals surface area contributed by atoms with Gasteiger partial charge in [-0.05, 0) is 19.8 Å². The van der Waals surface area contributed by atoms with Gasteiger partial charge in [-0.25, -0.2) is 4.79 Å². The summed E-state index contributed by atoms with van der Waals surface area (Å²) in [5.74, 6) is -0.327. The number of carbonyl (C=O) groups is 1. The van der Waals surface area contributed by atoms with Crippen molar-refractivity contribution in [3.05, 3.63) is 37.1 Å². The van der Waals surface area contributed by atoms with Crippen molar-refractivity contribution in [1.29, 1.82) is 0 Å². The molecule has 0 aliphatic carbocycles. The maximum Gasteiger partial charge on any atom is 0.350 e. The maximum atomic E-state index is 11.4. The molecule has 0 spiro atoms. The van der Waals surface area contributed by atoms with Crippen LogP contribution < -0.4 is 11.2 Å². The van der Waals surface area contributed by atoms with Gasteiger partial charge in [0.15, 0.2) is 0 Å². The Morgan fingerprint density at radius 1 is 1.45 bits per heavy atom. The highest BCUT2D eigenvalue weighted by molar-refractivity contribution is 5.69. The number of H-pyrrole nitrogens is 1. The van der Waals surface area contributed by atoms with Crippen LogP contribution in [0.25, 0.3) is 0 Å². The number of nitrogens with zero attached hydrogens (tertiary/aromatic N) is 2. The Morgan fingerprint density at radius 2 is 2.15 bits per heavy atom. The molecule has 9 nitrogen and oxygen atoms in total. The quantitative estimate of drug-likeness (QED) is 0.330. The molecule has 20 heavy (non-hydrogen) atoms. The van der Waals surface area contributed by atoms with Crippen LogP contribution in [0.3, 0.4) is 0 Å². The number of rotatable bonds is 7. The molecular formula is C11H15N3O6. The van der Waals surface area contributed by atoms with Crippen molar-refractivity contribution in [3.63, 3.8) is 0 Å². The Labute approximate surface area is 113 Å². The summed E-state index contributed by atoms with van der Waals surface area (Å²) in [5.41, 5.74) is -2.42. The van der Waals surface area contributed by atoms with E-state index in [1.54, 1.807) is 6.92 Å². The zero-order valence-electron chi connectivity index (χ0n) is 11.0. The van der Waals surface area contributed by atoms with E-state index in [2.05, 4.69) is 0 Å². The number of aryl methyl sites for hydroxylation is 1. The molecule has 0 fully saturated rings. The summed E-state index contributed by atoms with van der Waals surface area (Å²) in [6.07, 6.45) is 2.07. The molecule has 1 aromatic rings. The van der Waals surface area contributed by atoms with Gasteiger partial charge in [-0.1, -0.05) is 0 Å². The number of ether oxygens (including phenoxy) is 1. The van der Waals surface area contributed by atoms with Crippen LogP contribution in [0.5, 0.6) is 0 Å². The van der Waals surface area contributed by atoms with Crippen molar-refractivity contribution in [2.75, 3.05) is 6.61 Å². The summed E-state index contributed by atoms with van der Waals surface area (Å²) in [5, 5.41) is 10.6. The number of carbonyl (C=O) groups excluding carboxylic acids is 1. The second kappa shape index (κ2) is 7.22. The molecule has 0 saturated carbocycles. The molecule has 1 heterocycles. The molecule has 0 aliphatic rings. The van der Waals surface area contributed by atoms with Gasteiger partial charge in [-0.15, -0.1) is 0 Å². The van der Waals surface area contributed by atoms with Gasteiger partial charge in [-0.3, -0.25) is 29.3 Å². The minimum absolute atomic E-state index is 0.176. The number of unbranched alkanes of at least 4 members (excludes halogenated alkanes) is 1. The number of hydrogen-bond donors (Lipinski definition) is 1. The summed E-state index contributed by atoms with van der Waals surface area (Å²) in [6, 6.07) is 0. The first-order chi connectivity index (χ1) is 9.45. The maximum absolute atomic E-state index is 11.4. The van der Waals surface area contributed by atoms with Gasteiger partial charge >= 0.3 is 22.9 Å². The molecule has 0 saturated heterocycles. The molecule has 0 atom stereocenters. The average Bonchev–Trinajstić information content (AvgIpc) is 2.36. The zero-order chi connectivity index (χ0) is 15.1. The molecule has 0 bridgehead atoms. The van der Waals surface area contributed by atoms with Crippen molar-refractivity contribution in [3.8, 4) is 0 Å². The Morgan fingerprint density at radius 3 is 2.75 bits per heavy atom. The molecule has 0 aliphatic heterocycles. The number of esters is 1. The number of nitro groups is 1. The molecule has 1 N–H and O–H groups in total. The Kier molecular flexibility index (Phi) is 5.63. The van der Waals surface area contributed by atoms with Crippen molar-refractivity contribution < 1.29 is 14.5 Å². The fourth-order valence-electron chi connectivity index (χ4n) is 1.58. The van der Waals surface area contributed by atoms with Crippen molar-refractivity contribution in [2.45, 2.75) is 32.7 Å². The minimum atomic E-state index is -1.03. The summed E-state index contributed by atoms with van der Waals surface area (Å²) < 4.78 is 5.79. The van der Waals surface area contributed by atoms with Crippen LogP contribution in [0.4, 0.5) is 5.69 Å². The smallest absolute Gasteiger partial charge is 0.350 e. The Balaban J connectivity index is 2.63. The molecule has 1 rings (SSSR count). The van der Waals surface area contributed by atoms with E-state index < -0.39 is 21.9 Å². The third kappa shape index (κ3) is 4.34. The molecular weight excluding hydrogens is 270 g/mol. The number of aromatic nitrogens is 2. The highest BCUT2D eigenvalue weighted by Gasteiger charge is 2.14. The highest BCUT2D eigenvalue weighted by Crippen LogP contribution is 2.03. The summed E-state index contributed by atoms with van der Waals surface area (Å²) in [4.78, 5) is 45.3.